The molecule has 0 heterocycles. The normalized spacial score (nSPS) is 12.3. The molecule has 1 atom stereocenters. The Morgan fingerprint density at radius 3 is 2.71 bits per heavy atom. The zero-order chi connectivity index (χ0) is 10.7. The molecule has 0 fully saturated rings. The lowest BCUT2D eigenvalue weighted by Gasteiger charge is -2.07. The monoisotopic (exact) mass is 219 g/mol. The van der Waals surface area contributed by atoms with Crippen LogP contribution in [0.1, 0.15) is 6.92 Å². The van der Waals surface area contributed by atoms with Crippen molar-refractivity contribution >= 4 is 23.2 Å². The van der Waals surface area contributed by atoms with Crippen molar-refractivity contribution in [2.45, 2.75) is 12.3 Å². The van der Waals surface area contributed by atoms with Gasteiger partial charge in [0.25, 0.3) is 0 Å². The number of carbonyl (C=O) groups excluding carboxylic acids is 1. The van der Waals surface area contributed by atoms with Crippen LogP contribution in [0.25, 0.3) is 0 Å². The molecule has 5 heteroatoms. The highest BCUT2D eigenvalue weighted by Crippen LogP contribution is 2.15. The van der Waals surface area contributed by atoms with Crippen molar-refractivity contribution in [1.29, 1.82) is 0 Å². The standard InChI is InChI=1S/C9H8ClF2NO/c1-5(10)9(14)13-8-4-6(11)2-3-7(8)12/h2-5H,1H3,(H,13,14)/t5-/m0/s1. The maximum Gasteiger partial charge on any atom is 0.242 e. The van der Waals surface area contributed by atoms with E-state index in [9.17, 15) is 13.6 Å². The van der Waals surface area contributed by atoms with Crippen molar-refractivity contribution in [3.05, 3.63) is 29.8 Å². The molecule has 0 spiro atoms. The summed E-state index contributed by atoms with van der Waals surface area (Å²) in [5, 5.41) is 1.37. The third-order valence-electron chi connectivity index (χ3n) is 1.55. The number of anilines is 1. The lowest BCUT2D eigenvalue weighted by atomic mass is 10.3. The molecule has 76 valence electrons. The van der Waals surface area contributed by atoms with Gasteiger partial charge >= 0.3 is 0 Å². The molecule has 0 saturated carbocycles. The summed E-state index contributed by atoms with van der Waals surface area (Å²) >= 11 is 5.44. The molecule has 2 nitrogen and oxygen atoms in total. The van der Waals surface area contributed by atoms with Gasteiger partial charge in [-0.1, -0.05) is 0 Å². The molecule has 0 unspecified atom stereocenters. The van der Waals surface area contributed by atoms with Gasteiger partial charge < -0.3 is 5.32 Å². The summed E-state index contributed by atoms with van der Waals surface area (Å²) in [5.41, 5.74) is -0.206. The smallest absolute Gasteiger partial charge is 0.242 e. The maximum atomic E-state index is 13.0. The number of hydrogen-bond donors (Lipinski definition) is 1. The Labute approximate surface area is 84.9 Å². The Hall–Kier alpha value is -1.16. The van der Waals surface area contributed by atoms with Crippen molar-refractivity contribution in [3.8, 4) is 0 Å². The number of halogens is 3. The fourth-order valence-electron chi connectivity index (χ4n) is 0.825. The Morgan fingerprint density at radius 1 is 1.50 bits per heavy atom. The van der Waals surface area contributed by atoms with E-state index in [4.69, 9.17) is 11.6 Å². The molecule has 1 aromatic rings. The minimum absolute atomic E-state index is 0.206. The largest absolute Gasteiger partial charge is 0.322 e. The van der Waals surface area contributed by atoms with Crippen LogP contribution >= 0.6 is 11.6 Å². The molecule has 14 heavy (non-hydrogen) atoms. The van der Waals surface area contributed by atoms with Crippen LogP contribution in [0.4, 0.5) is 14.5 Å². The Kier molecular flexibility index (Phi) is 3.41. The quantitative estimate of drug-likeness (QED) is 0.761. The van der Waals surface area contributed by atoms with Crippen LogP contribution < -0.4 is 5.32 Å². The van der Waals surface area contributed by atoms with E-state index in [1.165, 1.54) is 6.92 Å². The van der Waals surface area contributed by atoms with E-state index in [-0.39, 0.29) is 5.69 Å². The molecule has 1 amide bonds. The molecular weight excluding hydrogens is 212 g/mol. The Bertz CT molecular complexity index is 355. The van der Waals surface area contributed by atoms with E-state index in [2.05, 4.69) is 5.32 Å². The minimum Gasteiger partial charge on any atom is -0.322 e. The molecule has 0 aliphatic heterocycles. The molecule has 0 aromatic heterocycles. The fourth-order valence-corrected chi connectivity index (χ4v) is 0.880. The van der Waals surface area contributed by atoms with Gasteiger partial charge in [-0.2, -0.15) is 0 Å². The predicted molar refractivity (Wildman–Crippen MR) is 50.3 cm³/mol. The van der Waals surface area contributed by atoms with Crippen LogP contribution in [0.5, 0.6) is 0 Å². The van der Waals surface area contributed by atoms with Gasteiger partial charge in [0.15, 0.2) is 0 Å². The van der Waals surface area contributed by atoms with Crippen molar-refractivity contribution in [2.24, 2.45) is 0 Å². The van der Waals surface area contributed by atoms with Gasteiger partial charge in [0.2, 0.25) is 5.91 Å². The maximum absolute atomic E-state index is 13.0. The fraction of sp³-hybridized carbons (Fsp3) is 0.222. The van der Waals surface area contributed by atoms with Crippen LogP contribution in [-0.4, -0.2) is 11.3 Å². The first-order chi connectivity index (χ1) is 6.50. The Balaban J connectivity index is 2.86. The highest BCUT2D eigenvalue weighted by Gasteiger charge is 2.12. The van der Waals surface area contributed by atoms with Gasteiger partial charge in [-0.25, -0.2) is 8.78 Å². The summed E-state index contributed by atoms with van der Waals surface area (Å²) in [6.07, 6.45) is 0. The van der Waals surface area contributed by atoms with Gasteiger partial charge in [0, 0.05) is 6.07 Å². The van der Waals surface area contributed by atoms with E-state index >= 15 is 0 Å². The molecule has 0 radical (unpaired) electrons. The first-order valence-electron chi connectivity index (χ1n) is 3.90. The number of alkyl halides is 1. The third-order valence-corrected chi connectivity index (χ3v) is 1.75. The van der Waals surface area contributed by atoms with Crippen molar-refractivity contribution in [3.63, 3.8) is 0 Å². The number of carbonyl (C=O) groups is 1. The molecule has 0 aliphatic carbocycles. The summed E-state index contributed by atoms with van der Waals surface area (Å²) < 4.78 is 25.6. The number of rotatable bonds is 2. The second kappa shape index (κ2) is 4.37. The summed E-state index contributed by atoms with van der Waals surface area (Å²) in [6.45, 7) is 1.44. The van der Waals surface area contributed by atoms with Gasteiger partial charge in [0.05, 0.1) is 5.69 Å². The number of nitrogens with one attached hydrogen (secondary N) is 1. The molecule has 1 rings (SSSR count). The predicted octanol–water partition coefficient (Wildman–Crippen LogP) is 2.53. The van der Waals surface area contributed by atoms with Crippen LogP contribution in [0.3, 0.4) is 0 Å². The average molecular weight is 220 g/mol. The van der Waals surface area contributed by atoms with Gasteiger partial charge in [-0.3, -0.25) is 4.79 Å². The Morgan fingerprint density at radius 2 is 2.14 bits per heavy atom. The zero-order valence-electron chi connectivity index (χ0n) is 7.35. The summed E-state index contributed by atoms with van der Waals surface area (Å²) in [7, 11) is 0. The second-order valence-corrected chi connectivity index (χ2v) is 3.38. The second-order valence-electron chi connectivity index (χ2n) is 2.73. The molecule has 0 bridgehead atoms. The minimum atomic E-state index is -0.794. The first kappa shape index (κ1) is 10.9. The highest BCUT2D eigenvalue weighted by atomic mass is 35.5. The first-order valence-corrected chi connectivity index (χ1v) is 4.34. The van der Waals surface area contributed by atoms with E-state index < -0.39 is 22.9 Å². The lowest BCUT2D eigenvalue weighted by molar-refractivity contribution is -0.115. The SMILES string of the molecule is C[C@H](Cl)C(=O)Nc1cc(F)ccc1F. The summed E-state index contributed by atoms with van der Waals surface area (Å²) in [4.78, 5) is 11.0. The molecule has 0 aliphatic rings. The lowest BCUT2D eigenvalue weighted by Crippen LogP contribution is -2.21. The van der Waals surface area contributed by atoms with Gasteiger partial charge in [0.1, 0.15) is 17.0 Å². The average Bonchev–Trinajstić information content (AvgIpc) is 2.11. The number of benzene rings is 1. The van der Waals surface area contributed by atoms with Crippen LogP contribution in [0.15, 0.2) is 18.2 Å². The van der Waals surface area contributed by atoms with Crippen LogP contribution in [-0.2, 0) is 4.79 Å². The highest BCUT2D eigenvalue weighted by molar-refractivity contribution is 6.32. The molecule has 0 saturated heterocycles. The molecular formula is C9H8ClF2NO. The van der Waals surface area contributed by atoms with Crippen molar-refractivity contribution < 1.29 is 13.6 Å². The van der Waals surface area contributed by atoms with Crippen LogP contribution in [0.2, 0.25) is 0 Å². The summed E-state index contributed by atoms with van der Waals surface area (Å²) in [5.74, 6) is -1.89. The van der Waals surface area contributed by atoms with Gasteiger partial charge in [-0.15, -0.1) is 11.6 Å². The number of hydrogen-bond acceptors (Lipinski definition) is 1. The van der Waals surface area contributed by atoms with E-state index in [1.54, 1.807) is 0 Å². The molecule has 1 N–H and O–H groups in total. The molecule has 1 aromatic carbocycles. The topological polar surface area (TPSA) is 29.1 Å². The zero-order valence-corrected chi connectivity index (χ0v) is 8.11. The third kappa shape index (κ3) is 2.67. The van der Waals surface area contributed by atoms with E-state index in [0.29, 0.717) is 0 Å². The van der Waals surface area contributed by atoms with E-state index in [0.717, 1.165) is 18.2 Å². The van der Waals surface area contributed by atoms with Crippen LogP contribution in [0, 0.1) is 11.6 Å². The summed E-state index contributed by atoms with van der Waals surface area (Å²) in [6, 6.07) is 2.80. The van der Waals surface area contributed by atoms with E-state index in [1.807, 2.05) is 0 Å². The van der Waals surface area contributed by atoms with Crippen molar-refractivity contribution in [1.82, 2.24) is 0 Å². The number of amides is 1. The van der Waals surface area contributed by atoms with Gasteiger partial charge in [-0.05, 0) is 19.1 Å². The van der Waals surface area contributed by atoms with Crippen molar-refractivity contribution in [2.75, 3.05) is 5.32 Å².